The molecule has 0 unspecified atom stereocenters. The van der Waals surface area contributed by atoms with Crippen molar-refractivity contribution in [3.8, 4) is 0 Å². The summed E-state index contributed by atoms with van der Waals surface area (Å²) >= 11 is 0. The predicted octanol–water partition coefficient (Wildman–Crippen LogP) is 0.129. The highest BCUT2D eigenvalue weighted by molar-refractivity contribution is 7.92. The average molecular weight is 473 g/mol. The van der Waals surface area contributed by atoms with Crippen molar-refractivity contribution in [1.82, 2.24) is 14.8 Å². The number of carboxylic acids is 2. The summed E-state index contributed by atoms with van der Waals surface area (Å²) < 4.78 is 24.8. The van der Waals surface area contributed by atoms with Crippen LogP contribution in [0.1, 0.15) is 24.2 Å². The number of rotatable bonds is 3. The van der Waals surface area contributed by atoms with E-state index in [4.69, 9.17) is 19.8 Å². The van der Waals surface area contributed by atoms with E-state index >= 15 is 0 Å². The molecule has 1 aromatic heterocycles. The first-order chi connectivity index (χ1) is 14.7. The fourth-order valence-electron chi connectivity index (χ4n) is 3.69. The zero-order valence-electron chi connectivity index (χ0n) is 19.2. The molecule has 0 bridgehead atoms. The molecule has 3 atom stereocenters. The Kier molecular flexibility index (Phi) is 9.58. The van der Waals surface area contributed by atoms with Crippen LogP contribution in [0.4, 0.5) is 5.82 Å². The zero-order chi connectivity index (χ0) is 24.8. The lowest BCUT2D eigenvalue weighted by atomic mass is 10.00. The van der Waals surface area contributed by atoms with Gasteiger partial charge in [-0.1, -0.05) is 0 Å². The fraction of sp³-hybridized carbons (Fsp3) is 0.600. The summed E-state index contributed by atoms with van der Waals surface area (Å²) in [5, 5.41) is 14.4. The summed E-state index contributed by atoms with van der Waals surface area (Å²) in [6, 6.07) is 3.52. The van der Waals surface area contributed by atoms with Crippen LogP contribution >= 0.6 is 0 Å². The molecule has 2 aliphatic rings. The molecule has 3 rings (SSSR count). The number of pyridine rings is 1. The molecule has 1 amide bonds. The van der Waals surface area contributed by atoms with Crippen LogP contribution in [0.3, 0.4) is 0 Å². The number of amides is 1. The molecule has 0 aromatic carbocycles. The number of aromatic nitrogens is 1. The maximum Gasteiger partial charge on any atom is 0.300 e. The van der Waals surface area contributed by atoms with Crippen molar-refractivity contribution in [1.29, 1.82) is 0 Å². The summed E-state index contributed by atoms with van der Waals surface area (Å²) in [6.45, 7) is 2.94. The number of anilines is 1. The normalized spacial score (nSPS) is 22.7. The van der Waals surface area contributed by atoms with Crippen LogP contribution in [-0.4, -0.2) is 110 Å². The number of nitrogens with zero attached hydrogens (tertiary/aromatic N) is 4. The van der Waals surface area contributed by atoms with Crippen molar-refractivity contribution < 1.29 is 33.0 Å². The van der Waals surface area contributed by atoms with Crippen LogP contribution in [0.15, 0.2) is 18.3 Å². The van der Waals surface area contributed by atoms with Crippen molar-refractivity contribution in [3.63, 3.8) is 0 Å². The number of aliphatic carboxylic acids is 2. The standard InChI is InChI=1S/C16H24N4O3S.2C2H4O2/c1-18(2)13-10-24(22,23)14-9-20(8-12(13)14)16(21)11-5-6-15(17-7-11)19(3)4;2*1-2(3)4/h5-7,12-14H,8-10H2,1-4H3;2*1H3,(H,3,4)/t12-,13+,14-;;/m0../s1. The molecule has 12 heteroatoms. The molecule has 0 spiro atoms. The number of carbonyl (C=O) groups excluding carboxylic acids is 1. The van der Waals surface area contributed by atoms with Crippen molar-refractivity contribution >= 4 is 33.5 Å². The monoisotopic (exact) mass is 472 g/mol. The van der Waals surface area contributed by atoms with Gasteiger partial charge < -0.3 is 24.9 Å². The number of hydrogen-bond acceptors (Lipinski definition) is 8. The average Bonchev–Trinajstić information content (AvgIpc) is 3.19. The Hall–Kier alpha value is -2.73. The van der Waals surface area contributed by atoms with Crippen LogP contribution in [0.25, 0.3) is 0 Å². The summed E-state index contributed by atoms with van der Waals surface area (Å²) in [6.07, 6.45) is 1.56. The fourth-order valence-corrected chi connectivity index (χ4v) is 6.17. The smallest absolute Gasteiger partial charge is 0.300 e. The van der Waals surface area contributed by atoms with E-state index in [9.17, 15) is 13.2 Å². The van der Waals surface area contributed by atoms with Crippen LogP contribution in [0, 0.1) is 5.92 Å². The lowest BCUT2D eigenvalue weighted by Gasteiger charge is -2.25. The second-order valence-corrected chi connectivity index (χ2v) is 10.4. The number of hydrogen-bond donors (Lipinski definition) is 2. The maximum atomic E-state index is 12.7. The lowest BCUT2D eigenvalue weighted by molar-refractivity contribution is -0.135. The van der Waals surface area contributed by atoms with Gasteiger partial charge in [0.05, 0.1) is 16.6 Å². The Morgan fingerprint density at radius 3 is 1.97 bits per heavy atom. The van der Waals surface area contributed by atoms with Crippen LogP contribution < -0.4 is 4.90 Å². The van der Waals surface area contributed by atoms with Crippen LogP contribution in [0.5, 0.6) is 0 Å². The topological polar surface area (TPSA) is 148 Å². The Balaban J connectivity index is 0.000000554. The minimum atomic E-state index is -3.14. The molecule has 32 heavy (non-hydrogen) atoms. The maximum absolute atomic E-state index is 12.7. The van der Waals surface area contributed by atoms with Gasteiger partial charge in [0.15, 0.2) is 9.84 Å². The Morgan fingerprint density at radius 2 is 1.56 bits per heavy atom. The van der Waals surface area contributed by atoms with E-state index in [2.05, 4.69) is 4.98 Å². The predicted molar refractivity (Wildman–Crippen MR) is 120 cm³/mol. The number of fused-ring (bicyclic) bond motifs is 1. The third-order valence-electron chi connectivity index (χ3n) is 5.07. The van der Waals surface area contributed by atoms with Gasteiger partial charge in [-0.25, -0.2) is 13.4 Å². The molecule has 180 valence electrons. The van der Waals surface area contributed by atoms with Crippen molar-refractivity contribution in [2.75, 3.05) is 51.9 Å². The van der Waals surface area contributed by atoms with Gasteiger partial charge in [0, 0.05) is 59.2 Å². The molecule has 2 aliphatic heterocycles. The largest absolute Gasteiger partial charge is 0.481 e. The van der Waals surface area contributed by atoms with E-state index < -0.39 is 27.0 Å². The van der Waals surface area contributed by atoms with Gasteiger partial charge in [-0.15, -0.1) is 0 Å². The highest BCUT2D eigenvalue weighted by Gasteiger charge is 2.53. The molecule has 0 saturated carbocycles. The van der Waals surface area contributed by atoms with Gasteiger partial charge in [0.25, 0.3) is 17.8 Å². The highest BCUT2D eigenvalue weighted by Crippen LogP contribution is 2.36. The van der Waals surface area contributed by atoms with Crippen molar-refractivity contribution in [2.24, 2.45) is 5.92 Å². The summed E-state index contributed by atoms with van der Waals surface area (Å²) in [4.78, 5) is 40.5. The third kappa shape index (κ3) is 7.45. The van der Waals surface area contributed by atoms with Gasteiger partial charge in [-0.2, -0.15) is 0 Å². The molecular formula is C20H32N4O7S. The van der Waals surface area contributed by atoms with E-state index in [1.165, 1.54) is 0 Å². The molecule has 11 nitrogen and oxygen atoms in total. The van der Waals surface area contributed by atoms with Gasteiger partial charge in [0.1, 0.15) is 5.82 Å². The zero-order valence-corrected chi connectivity index (χ0v) is 20.0. The second kappa shape index (κ2) is 11.2. The van der Waals surface area contributed by atoms with Gasteiger partial charge in [-0.05, 0) is 26.2 Å². The minimum Gasteiger partial charge on any atom is -0.481 e. The van der Waals surface area contributed by atoms with Crippen LogP contribution in [0.2, 0.25) is 0 Å². The molecule has 2 N–H and O–H groups in total. The van der Waals surface area contributed by atoms with Crippen LogP contribution in [-0.2, 0) is 19.4 Å². The van der Waals surface area contributed by atoms with Gasteiger partial charge in [0.2, 0.25) is 0 Å². The first kappa shape index (κ1) is 27.3. The van der Waals surface area contributed by atoms with E-state index in [0.717, 1.165) is 19.7 Å². The number of likely N-dealkylation sites (tertiary alicyclic amines) is 1. The second-order valence-electron chi connectivity index (χ2n) is 8.11. The first-order valence-electron chi connectivity index (χ1n) is 9.87. The summed E-state index contributed by atoms with van der Waals surface area (Å²) in [5.74, 6) is -0.853. The highest BCUT2D eigenvalue weighted by atomic mass is 32.2. The molecule has 2 fully saturated rings. The molecular weight excluding hydrogens is 440 g/mol. The minimum absolute atomic E-state index is 0.0112. The number of carboxylic acid groups (broad SMARTS) is 2. The quantitative estimate of drug-likeness (QED) is 0.622. The van der Waals surface area contributed by atoms with Crippen molar-refractivity contribution in [2.45, 2.75) is 25.1 Å². The summed E-state index contributed by atoms with van der Waals surface area (Å²) in [7, 11) is 4.43. The Morgan fingerprint density at radius 1 is 1.03 bits per heavy atom. The molecule has 0 aliphatic carbocycles. The SMILES string of the molecule is CC(=O)O.CC(=O)O.CN(C)c1ccc(C(=O)N2C[C@H]3[C@H](N(C)C)CS(=O)(=O)[C@H]3C2)cn1. The van der Waals surface area contributed by atoms with E-state index in [-0.39, 0.29) is 30.2 Å². The van der Waals surface area contributed by atoms with E-state index in [1.807, 2.05) is 38.0 Å². The van der Waals surface area contributed by atoms with E-state index in [1.54, 1.807) is 23.2 Å². The number of carbonyl (C=O) groups is 3. The van der Waals surface area contributed by atoms with Gasteiger partial charge in [-0.3, -0.25) is 14.4 Å². The Bertz CT molecular complexity index is 896. The molecule has 2 saturated heterocycles. The Labute approximate surface area is 188 Å². The molecule has 0 radical (unpaired) electrons. The first-order valence-corrected chi connectivity index (χ1v) is 11.6. The molecule has 1 aromatic rings. The third-order valence-corrected chi connectivity index (χ3v) is 7.30. The van der Waals surface area contributed by atoms with Gasteiger partial charge >= 0.3 is 0 Å². The number of sulfone groups is 1. The van der Waals surface area contributed by atoms with E-state index in [0.29, 0.717) is 12.1 Å². The lowest BCUT2D eigenvalue weighted by Crippen LogP contribution is -2.38. The summed E-state index contributed by atoms with van der Waals surface area (Å²) in [5.41, 5.74) is 0.499. The van der Waals surface area contributed by atoms with Crippen molar-refractivity contribution in [3.05, 3.63) is 23.9 Å². The molecule has 3 heterocycles.